The van der Waals surface area contributed by atoms with E-state index in [1.54, 1.807) is 41.3 Å². The summed E-state index contributed by atoms with van der Waals surface area (Å²) in [7, 11) is -3.55. The first-order valence-corrected chi connectivity index (χ1v) is 11.6. The van der Waals surface area contributed by atoms with Gasteiger partial charge in [-0.2, -0.15) is 4.31 Å². The van der Waals surface area contributed by atoms with E-state index >= 15 is 0 Å². The van der Waals surface area contributed by atoms with Crippen LogP contribution in [0.5, 0.6) is 5.75 Å². The van der Waals surface area contributed by atoms with Gasteiger partial charge in [0.1, 0.15) is 12.4 Å². The molecule has 4 rings (SSSR count). The summed E-state index contributed by atoms with van der Waals surface area (Å²) in [5, 5.41) is 0. The molecule has 0 radical (unpaired) electrons. The molecule has 1 fully saturated rings. The Balaban J connectivity index is 1.42. The van der Waals surface area contributed by atoms with E-state index in [9.17, 15) is 13.2 Å². The predicted octanol–water partition coefficient (Wildman–Crippen LogP) is 3.41. The average Bonchev–Trinajstić information content (AvgIpc) is 2.84. The normalized spacial score (nSPS) is 14.9. The number of para-hydroxylation sites is 1. The van der Waals surface area contributed by atoms with Crippen molar-refractivity contribution in [3.8, 4) is 5.75 Å². The number of piperazine rings is 1. The van der Waals surface area contributed by atoms with E-state index in [4.69, 9.17) is 4.74 Å². The Kier molecular flexibility index (Phi) is 6.34. The van der Waals surface area contributed by atoms with Crippen LogP contribution in [0, 0.1) is 0 Å². The SMILES string of the molecule is O=C(c1ccccc1COc1ccccc1)N1CCN(S(=O)(=O)c2ccccc2)CC1. The number of hydrogen-bond donors (Lipinski definition) is 0. The van der Waals surface area contributed by atoms with Crippen molar-refractivity contribution in [2.24, 2.45) is 0 Å². The molecule has 0 aliphatic carbocycles. The third kappa shape index (κ3) is 4.78. The molecule has 7 heteroatoms. The van der Waals surface area contributed by atoms with Gasteiger partial charge in [-0.15, -0.1) is 0 Å². The monoisotopic (exact) mass is 436 g/mol. The summed E-state index contributed by atoms with van der Waals surface area (Å²) < 4.78 is 32.9. The van der Waals surface area contributed by atoms with E-state index in [1.807, 2.05) is 48.5 Å². The van der Waals surface area contributed by atoms with Gasteiger partial charge in [-0.05, 0) is 30.3 Å². The molecule has 0 N–H and O–H groups in total. The summed E-state index contributed by atoms with van der Waals surface area (Å²) in [4.78, 5) is 15.1. The van der Waals surface area contributed by atoms with Crippen LogP contribution in [0.15, 0.2) is 89.8 Å². The van der Waals surface area contributed by atoms with Crippen molar-refractivity contribution in [3.63, 3.8) is 0 Å². The molecule has 3 aromatic rings. The molecule has 1 saturated heterocycles. The number of rotatable bonds is 6. The van der Waals surface area contributed by atoms with Gasteiger partial charge in [0.2, 0.25) is 10.0 Å². The average molecular weight is 437 g/mol. The molecule has 3 aromatic carbocycles. The highest BCUT2D eigenvalue weighted by molar-refractivity contribution is 7.89. The minimum absolute atomic E-state index is 0.107. The lowest BCUT2D eigenvalue weighted by Gasteiger charge is -2.34. The van der Waals surface area contributed by atoms with E-state index in [2.05, 4.69) is 0 Å². The Labute approximate surface area is 182 Å². The third-order valence-electron chi connectivity index (χ3n) is 5.29. The fourth-order valence-corrected chi connectivity index (χ4v) is 5.02. The Hall–Kier alpha value is -3.16. The highest BCUT2D eigenvalue weighted by atomic mass is 32.2. The fourth-order valence-electron chi connectivity index (χ4n) is 3.58. The highest BCUT2D eigenvalue weighted by Crippen LogP contribution is 2.20. The third-order valence-corrected chi connectivity index (χ3v) is 7.21. The van der Waals surface area contributed by atoms with Crippen LogP contribution >= 0.6 is 0 Å². The summed E-state index contributed by atoms with van der Waals surface area (Å²) in [5.41, 5.74) is 1.38. The van der Waals surface area contributed by atoms with Crippen molar-refractivity contribution >= 4 is 15.9 Å². The molecule has 0 saturated carbocycles. The zero-order valence-electron chi connectivity index (χ0n) is 17.1. The first-order chi connectivity index (χ1) is 15.1. The van der Waals surface area contributed by atoms with Crippen molar-refractivity contribution in [2.75, 3.05) is 26.2 Å². The van der Waals surface area contributed by atoms with E-state index in [0.29, 0.717) is 18.7 Å². The summed E-state index contributed by atoms with van der Waals surface area (Å²) in [6.07, 6.45) is 0. The van der Waals surface area contributed by atoms with Gasteiger partial charge in [-0.3, -0.25) is 4.79 Å². The number of carbonyl (C=O) groups is 1. The van der Waals surface area contributed by atoms with Crippen LogP contribution in [0.2, 0.25) is 0 Å². The quantitative estimate of drug-likeness (QED) is 0.594. The van der Waals surface area contributed by atoms with Crippen LogP contribution in [-0.2, 0) is 16.6 Å². The molecule has 31 heavy (non-hydrogen) atoms. The van der Waals surface area contributed by atoms with Crippen LogP contribution in [0.1, 0.15) is 15.9 Å². The summed E-state index contributed by atoms with van der Waals surface area (Å²) in [6, 6.07) is 25.2. The van der Waals surface area contributed by atoms with E-state index in [-0.39, 0.29) is 30.5 Å². The van der Waals surface area contributed by atoms with E-state index in [1.165, 1.54) is 4.31 Å². The molecular formula is C24H24N2O4S. The van der Waals surface area contributed by atoms with E-state index in [0.717, 1.165) is 11.3 Å². The molecule has 0 aromatic heterocycles. The maximum absolute atomic E-state index is 13.2. The second-order valence-corrected chi connectivity index (χ2v) is 9.21. The Morgan fingerprint density at radius 1 is 0.774 bits per heavy atom. The van der Waals surface area contributed by atoms with Gasteiger partial charge in [-0.1, -0.05) is 54.6 Å². The second-order valence-electron chi connectivity index (χ2n) is 7.27. The molecule has 160 valence electrons. The van der Waals surface area contributed by atoms with Crippen molar-refractivity contribution in [3.05, 3.63) is 96.1 Å². The van der Waals surface area contributed by atoms with Gasteiger partial charge < -0.3 is 9.64 Å². The molecule has 6 nitrogen and oxygen atoms in total. The maximum Gasteiger partial charge on any atom is 0.254 e. The smallest absolute Gasteiger partial charge is 0.254 e. The Morgan fingerprint density at radius 2 is 1.35 bits per heavy atom. The first-order valence-electron chi connectivity index (χ1n) is 10.2. The van der Waals surface area contributed by atoms with Crippen molar-refractivity contribution in [1.82, 2.24) is 9.21 Å². The number of benzene rings is 3. The summed E-state index contributed by atoms with van der Waals surface area (Å²) in [6.45, 7) is 1.52. The van der Waals surface area contributed by atoms with E-state index < -0.39 is 10.0 Å². The van der Waals surface area contributed by atoms with Gasteiger partial charge >= 0.3 is 0 Å². The minimum Gasteiger partial charge on any atom is -0.489 e. The number of ether oxygens (including phenoxy) is 1. The highest BCUT2D eigenvalue weighted by Gasteiger charge is 2.30. The molecule has 1 aliphatic rings. The molecule has 0 spiro atoms. The molecule has 1 amide bonds. The largest absolute Gasteiger partial charge is 0.489 e. The van der Waals surface area contributed by atoms with Crippen molar-refractivity contribution < 1.29 is 17.9 Å². The zero-order chi connectivity index (χ0) is 21.7. The standard InChI is InChI=1S/C24H24N2O4S/c27-24(23-14-8-7-9-20(23)19-30-21-10-3-1-4-11-21)25-15-17-26(18-16-25)31(28,29)22-12-5-2-6-13-22/h1-14H,15-19H2. The molecule has 1 heterocycles. The number of amides is 1. The van der Waals surface area contributed by atoms with Crippen molar-refractivity contribution in [2.45, 2.75) is 11.5 Å². The summed E-state index contributed by atoms with van der Waals surface area (Å²) >= 11 is 0. The lowest BCUT2D eigenvalue weighted by molar-refractivity contribution is 0.0695. The Morgan fingerprint density at radius 3 is 2.03 bits per heavy atom. The molecule has 0 atom stereocenters. The Bertz CT molecular complexity index is 1130. The number of hydrogen-bond acceptors (Lipinski definition) is 4. The number of carbonyl (C=O) groups excluding carboxylic acids is 1. The maximum atomic E-state index is 13.2. The first kappa shape index (κ1) is 21.1. The predicted molar refractivity (Wildman–Crippen MR) is 118 cm³/mol. The topological polar surface area (TPSA) is 66.9 Å². The lowest BCUT2D eigenvalue weighted by Crippen LogP contribution is -2.50. The van der Waals surface area contributed by atoms with Gasteiger partial charge in [0, 0.05) is 37.3 Å². The number of sulfonamides is 1. The van der Waals surface area contributed by atoms with Crippen LogP contribution in [-0.4, -0.2) is 49.7 Å². The minimum atomic E-state index is -3.55. The van der Waals surface area contributed by atoms with Gasteiger partial charge in [0.25, 0.3) is 5.91 Å². The molecule has 0 bridgehead atoms. The molecule has 0 unspecified atom stereocenters. The van der Waals surface area contributed by atoms with Crippen LogP contribution in [0.4, 0.5) is 0 Å². The van der Waals surface area contributed by atoms with Crippen LogP contribution < -0.4 is 4.74 Å². The zero-order valence-corrected chi connectivity index (χ0v) is 17.9. The van der Waals surface area contributed by atoms with Gasteiger partial charge in [0.05, 0.1) is 4.90 Å². The van der Waals surface area contributed by atoms with Crippen LogP contribution in [0.25, 0.3) is 0 Å². The molecule has 1 aliphatic heterocycles. The van der Waals surface area contributed by atoms with Crippen molar-refractivity contribution in [1.29, 1.82) is 0 Å². The van der Waals surface area contributed by atoms with Gasteiger partial charge in [-0.25, -0.2) is 8.42 Å². The second kappa shape index (κ2) is 9.32. The molecular weight excluding hydrogens is 412 g/mol. The fraction of sp³-hybridized carbons (Fsp3) is 0.208. The lowest BCUT2D eigenvalue weighted by atomic mass is 10.1. The van der Waals surface area contributed by atoms with Crippen LogP contribution in [0.3, 0.4) is 0 Å². The summed E-state index contributed by atoms with van der Waals surface area (Å²) in [5.74, 6) is 0.633. The number of nitrogens with zero attached hydrogens (tertiary/aromatic N) is 2. The van der Waals surface area contributed by atoms with Gasteiger partial charge in [0.15, 0.2) is 0 Å².